The van der Waals surface area contributed by atoms with Crippen LogP contribution in [0.25, 0.3) is 16.7 Å². The Kier molecular flexibility index (Phi) is 2.67. The van der Waals surface area contributed by atoms with Gasteiger partial charge in [0.25, 0.3) is 5.70 Å². The van der Waals surface area contributed by atoms with Crippen LogP contribution in [0.1, 0.15) is 13.3 Å². The highest BCUT2D eigenvalue weighted by Crippen LogP contribution is 2.19. The summed E-state index contributed by atoms with van der Waals surface area (Å²) >= 11 is 0. The second-order valence-electron chi connectivity index (χ2n) is 5.25. The minimum absolute atomic E-state index is 0.431. The maximum Gasteiger partial charge on any atom is 0.272 e. The molecule has 0 bridgehead atoms. The number of nitrogens with zero attached hydrogens (tertiary/aromatic N) is 5. The van der Waals surface area contributed by atoms with Crippen LogP contribution in [0.2, 0.25) is 0 Å². The molecular formula is C15H15N6+. The molecule has 0 saturated carbocycles. The lowest BCUT2D eigenvalue weighted by Gasteiger charge is -2.15. The van der Waals surface area contributed by atoms with E-state index in [1.807, 2.05) is 46.6 Å². The summed E-state index contributed by atoms with van der Waals surface area (Å²) in [6, 6.07) is 3.94. The molecular weight excluding hydrogens is 264 g/mol. The SMILES string of the molecule is CC1C=NN2C=C([n+]3cc4cccnc4[nH]3)C=NC2=CC1. The fourth-order valence-corrected chi connectivity index (χ4v) is 2.36. The largest absolute Gasteiger partial charge is 0.272 e. The number of allylic oxidation sites excluding steroid dienone is 2. The average Bonchev–Trinajstić information content (AvgIpc) is 2.86. The Labute approximate surface area is 121 Å². The second kappa shape index (κ2) is 4.66. The van der Waals surface area contributed by atoms with Gasteiger partial charge >= 0.3 is 0 Å². The molecule has 21 heavy (non-hydrogen) atoms. The minimum Gasteiger partial charge on any atom is -0.234 e. The number of hydrogen-bond donors (Lipinski definition) is 1. The highest BCUT2D eigenvalue weighted by Gasteiger charge is 2.21. The van der Waals surface area contributed by atoms with Crippen LogP contribution >= 0.6 is 0 Å². The first kappa shape index (κ1) is 12.0. The topological polar surface area (TPSA) is 60.5 Å². The van der Waals surface area contributed by atoms with Crippen LogP contribution in [0.3, 0.4) is 0 Å². The van der Waals surface area contributed by atoms with E-state index in [1.165, 1.54) is 0 Å². The summed E-state index contributed by atoms with van der Waals surface area (Å²) in [4.78, 5) is 8.79. The summed E-state index contributed by atoms with van der Waals surface area (Å²) in [5.41, 5.74) is 1.76. The number of aromatic nitrogens is 3. The van der Waals surface area contributed by atoms with Crippen molar-refractivity contribution in [2.75, 3.05) is 0 Å². The molecule has 1 atom stereocenters. The van der Waals surface area contributed by atoms with Crippen LogP contribution in [-0.2, 0) is 0 Å². The molecule has 0 spiro atoms. The zero-order valence-corrected chi connectivity index (χ0v) is 11.6. The number of fused-ring (bicyclic) bond motifs is 2. The number of aliphatic imine (C=N–C) groups is 1. The highest BCUT2D eigenvalue weighted by molar-refractivity contribution is 5.99. The number of pyridine rings is 1. The van der Waals surface area contributed by atoms with Crippen molar-refractivity contribution in [1.82, 2.24) is 15.1 Å². The summed E-state index contributed by atoms with van der Waals surface area (Å²) < 4.78 is 1.90. The minimum atomic E-state index is 0.431. The molecule has 1 N–H and O–H groups in total. The van der Waals surface area contributed by atoms with Crippen molar-refractivity contribution < 1.29 is 4.68 Å². The molecule has 0 amide bonds. The molecule has 6 nitrogen and oxygen atoms in total. The highest BCUT2D eigenvalue weighted by atomic mass is 15.5. The van der Waals surface area contributed by atoms with Crippen LogP contribution in [0.4, 0.5) is 0 Å². The maximum atomic E-state index is 4.49. The second-order valence-corrected chi connectivity index (χ2v) is 5.25. The molecule has 2 aromatic rings. The van der Waals surface area contributed by atoms with Crippen molar-refractivity contribution >= 4 is 29.2 Å². The summed E-state index contributed by atoms with van der Waals surface area (Å²) in [6.07, 6.45) is 12.6. The van der Waals surface area contributed by atoms with Crippen LogP contribution in [0.5, 0.6) is 0 Å². The molecule has 0 saturated heterocycles. The lowest BCUT2D eigenvalue weighted by molar-refractivity contribution is -0.634. The lowest BCUT2D eigenvalue weighted by atomic mass is 10.1. The van der Waals surface area contributed by atoms with E-state index < -0.39 is 0 Å². The molecule has 6 heteroatoms. The Morgan fingerprint density at radius 2 is 2.38 bits per heavy atom. The first-order valence-electron chi connectivity index (χ1n) is 6.95. The van der Waals surface area contributed by atoms with Gasteiger partial charge in [-0.25, -0.2) is 15.0 Å². The van der Waals surface area contributed by atoms with E-state index in [0.717, 1.165) is 29.0 Å². The Hall–Kier alpha value is -2.76. The Bertz CT molecular complexity index is 777. The van der Waals surface area contributed by atoms with E-state index >= 15 is 0 Å². The first-order chi connectivity index (χ1) is 10.3. The standard InChI is InChI=1S/C15H14N6/c1-11-4-5-14-17-8-13(10-21(14)18-7-11)20-9-12-3-2-6-16-15(12)19-20/h2-3,5-11H,4H2,1H3/p+1. The smallest absolute Gasteiger partial charge is 0.234 e. The molecule has 0 aromatic carbocycles. The maximum absolute atomic E-state index is 4.49. The quantitative estimate of drug-likeness (QED) is 0.810. The number of hydrogen-bond acceptors (Lipinski definition) is 4. The summed E-state index contributed by atoms with van der Waals surface area (Å²) in [5.74, 6) is 1.30. The van der Waals surface area contributed by atoms with Gasteiger partial charge in [0.2, 0.25) is 6.20 Å². The third-order valence-corrected chi connectivity index (χ3v) is 3.55. The van der Waals surface area contributed by atoms with E-state index in [0.29, 0.717) is 5.92 Å². The molecule has 0 fully saturated rings. The van der Waals surface area contributed by atoms with Gasteiger partial charge in [-0.05, 0) is 30.5 Å². The van der Waals surface area contributed by atoms with E-state index in [-0.39, 0.29) is 0 Å². The predicted octanol–water partition coefficient (Wildman–Crippen LogP) is 1.90. The van der Waals surface area contributed by atoms with Gasteiger partial charge in [0.05, 0.1) is 5.39 Å². The summed E-state index contributed by atoms with van der Waals surface area (Å²) in [7, 11) is 0. The lowest BCUT2D eigenvalue weighted by Crippen LogP contribution is -2.36. The monoisotopic (exact) mass is 279 g/mol. The normalized spacial score (nSPS) is 21.0. The van der Waals surface area contributed by atoms with Gasteiger partial charge in [-0.2, -0.15) is 5.10 Å². The summed E-state index contributed by atoms with van der Waals surface area (Å²) in [5, 5.41) is 10.6. The Morgan fingerprint density at radius 3 is 3.29 bits per heavy atom. The van der Waals surface area contributed by atoms with Crippen molar-refractivity contribution in [2.24, 2.45) is 16.0 Å². The van der Waals surface area contributed by atoms with Crippen LogP contribution in [0, 0.1) is 5.92 Å². The molecule has 104 valence electrons. The predicted molar refractivity (Wildman–Crippen MR) is 81.2 cm³/mol. The van der Waals surface area contributed by atoms with Crippen LogP contribution in [-0.4, -0.2) is 27.5 Å². The zero-order chi connectivity index (χ0) is 14.2. The fourth-order valence-electron chi connectivity index (χ4n) is 2.36. The third kappa shape index (κ3) is 2.14. The molecule has 0 radical (unpaired) electrons. The van der Waals surface area contributed by atoms with Gasteiger partial charge < -0.3 is 0 Å². The van der Waals surface area contributed by atoms with Gasteiger partial charge in [-0.15, -0.1) is 5.10 Å². The van der Waals surface area contributed by atoms with Gasteiger partial charge in [0.15, 0.2) is 5.65 Å². The zero-order valence-electron chi connectivity index (χ0n) is 11.6. The molecule has 1 unspecified atom stereocenters. The van der Waals surface area contributed by atoms with Crippen molar-refractivity contribution in [2.45, 2.75) is 13.3 Å². The Balaban J connectivity index is 1.74. The Morgan fingerprint density at radius 1 is 1.43 bits per heavy atom. The third-order valence-electron chi connectivity index (χ3n) is 3.55. The van der Waals surface area contributed by atoms with Crippen molar-refractivity contribution in [3.05, 3.63) is 42.6 Å². The molecule has 2 aliphatic rings. The van der Waals surface area contributed by atoms with E-state index in [1.54, 1.807) is 6.20 Å². The number of nitrogens with one attached hydrogen (secondary N) is 1. The van der Waals surface area contributed by atoms with Gasteiger partial charge in [-0.3, -0.25) is 0 Å². The molecule has 4 rings (SSSR count). The van der Waals surface area contributed by atoms with Crippen molar-refractivity contribution in [1.29, 1.82) is 0 Å². The van der Waals surface area contributed by atoms with Crippen molar-refractivity contribution in [3.8, 4) is 0 Å². The number of H-pyrrole nitrogens is 1. The first-order valence-corrected chi connectivity index (χ1v) is 6.95. The average molecular weight is 279 g/mol. The number of rotatable bonds is 1. The molecule has 2 aromatic heterocycles. The molecule has 4 heterocycles. The van der Waals surface area contributed by atoms with Crippen LogP contribution < -0.4 is 4.68 Å². The van der Waals surface area contributed by atoms with E-state index in [4.69, 9.17) is 0 Å². The fraction of sp³-hybridized carbons (Fsp3) is 0.200. The van der Waals surface area contributed by atoms with Gasteiger partial charge in [-0.1, -0.05) is 11.6 Å². The van der Waals surface area contributed by atoms with E-state index in [2.05, 4.69) is 33.2 Å². The number of aromatic amines is 1. The van der Waals surface area contributed by atoms with Crippen LogP contribution in [0.15, 0.2) is 52.7 Å². The van der Waals surface area contributed by atoms with E-state index in [9.17, 15) is 0 Å². The van der Waals surface area contributed by atoms with Gasteiger partial charge in [0, 0.05) is 12.4 Å². The van der Waals surface area contributed by atoms with Crippen molar-refractivity contribution in [3.63, 3.8) is 0 Å². The summed E-state index contributed by atoms with van der Waals surface area (Å²) in [6.45, 7) is 2.14. The molecule has 0 aliphatic carbocycles. The number of hydrazone groups is 1. The van der Waals surface area contributed by atoms with Gasteiger partial charge in [0.1, 0.15) is 18.2 Å². The molecule has 2 aliphatic heterocycles.